The quantitative estimate of drug-likeness (QED) is 0.853. The molecule has 1 heterocycles. The van der Waals surface area contributed by atoms with E-state index in [1.807, 2.05) is 32.8 Å². The number of aromatic nitrogens is 1. The minimum Gasteiger partial charge on any atom is -0.383 e. The van der Waals surface area contributed by atoms with E-state index in [4.69, 9.17) is 10.5 Å². The standard InChI is InChI=1S/C12H22N4O2S/c1-6-16(8(2)7-18-5)11(17)9-10(13)14-12(19-9)15(3)4/h8H,6-7,13H2,1-5H3. The fraction of sp³-hybridized carbons (Fsp3) is 0.667. The predicted octanol–water partition coefficient (Wildman–Crippen LogP) is 1.29. The van der Waals surface area contributed by atoms with Crippen molar-refractivity contribution in [1.82, 2.24) is 9.88 Å². The average Bonchev–Trinajstić information content (AvgIpc) is 2.72. The third-order valence-corrected chi connectivity index (χ3v) is 3.99. The number of rotatable bonds is 6. The fourth-order valence-electron chi connectivity index (χ4n) is 1.78. The summed E-state index contributed by atoms with van der Waals surface area (Å²) in [6.07, 6.45) is 0. The highest BCUT2D eigenvalue weighted by Crippen LogP contribution is 2.28. The second-order valence-electron chi connectivity index (χ2n) is 4.50. The van der Waals surface area contributed by atoms with Crippen molar-refractivity contribution in [3.8, 4) is 0 Å². The molecule has 0 bridgehead atoms. The van der Waals surface area contributed by atoms with Gasteiger partial charge in [-0.05, 0) is 13.8 Å². The Morgan fingerprint density at radius 1 is 1.53 bits per heavy atom. The molecule has 1 aromatic heterocycles. The Morgan fingerprint density at radius 2 is 2.16 bits per heavy atom. The van der Waals surface area contributed by atoms with Crippen LogP contribution in [0.1, 0.15) is 23.5 Å². The first-order valence-electron chi connectivity index (χ1n) is 6.15. The van der Waals surface area contributed by atoms with Crippen LogP contribution in [0.5, 0.6) is 0 Å². The van der Waals surface area contributed by atoms with Crippen LogP contribution < -0.4 is 10.6 Å². The zero-order chi connectivity index (χ0) is 14.6. The summed E-state index contributed by atoms with van der Waals surface area (Å²) in [7, 11) is 5.37. The largest absolute Gasteiger partial charge is 0.383 e. The van der Waals surface area contributed by atoms with Crippen LogP contribution in [0, 0.1) is 0 Å². The number of ether oxygens (including phenoxy) is 1. The Balaban J connectivity index is 2.97. The molecule has 108 valence electrons. The van der Waals surface area contributed by atoms with E-state index in [2.05, 4.69) is 4.98 Å². The van der Waals surface area contributed by atoms with E-state index in [9.17, 15) is 4.79 Å². The van der Waals surface area contributed by atoms with Crippen molar-refractivity contribution in [3.05, 3.63) is 4.88 Å². The van der Waals surface area contributed by atoms with Gasteiger partial charge in [0.05, 0.1) is 12.6 Å². The molecule has 1 atom stereocenters. The summed E-state index contributed by atoms with van der Waals surface area (Å²) >= 11 is 1.31. The lowest BCUT2D eigenvalue weighted by Crippen LogP contribution is -2.40. The van der Waals surface area contributed by atoms with E-state index in [0.29, 0.717) is 23.8 Å². The highest BCUT2D eigenvalue weighted by molar-refractivity contribution is 7.18. The highest BCUT2D eigenvalue weighted by atomic mass is 32.1. The van der Waals surface area contributed by atoms with Gasteiger partial charge < -0.3 is 20.3 Å². The third-order valence-electron chi connectivity index (χ3n) is 2.76. The molecule has 19 heavy (non-hydrogen) atoms. The van der Waals surface area contributed by atoms with Gasteiger partial charge in [-0.3, -0.25) is 4.79 Å². The van der Waals surface area contributed by atoms with Crippen LogP contribution in [0.2, 0.25) is 0 Å². The predicted molar refractivity (Wildman–Crippen MR) is 78.9 cm³/mol. The minimum absolute atomic E-state index is 0.00630. The molecule has 0 radical (unpaired) electrons. The van der Waals surface area contributed by atoms with Gasteiger partial charge in [-0.25, -0.2) is 4.98 Å². The third kappa shape index (κ3) is 3.57. The van der Waals surface area contributed by atoms with Gasteiger partial charge in [-0.2, -0.15) is 0 Å². The Morgan fingerprint density at radius 3 is 2.58 bits per heavy atom. The number of thiazole rings is 1. The van der Waals surface area contributed by atoms with Crippen LogP contribution in [0.4, 0.5) is 10.9 Å². The van der Waals surface area contributed by atoms with Crippen molar-refractivity contribution in [2.75, 3.05) is 45.0 Å². The number of hydrogen-bond acceptors (Lipinski definition) is 6. The number of nitrogens with two attached hydrogens (primary N) is 1. The summed E-state index contributed by atoms with van der Waals surface area (Å²) in [5, 5.41) is 0.733. The Labute approximate surface area is 118 Å². The number of carbonyl (C=O) groups excluding carboxylic acids is 1. The first kappa shape index (κ1) is 15.7. The summed E-state index contributed by atoms with van der Waals surface area (Å²) in [5.41, 5.74) is 5.84. The van der Waals surface area contributed by atoms with Crippen molar-refractivity contribution < 1.29 is 9.53 Å². The molecule has 6 nitrogen and oxygen atoms in total. The maximum atomic E-state index is 12.5. The summed E-state index contributed by atoms with van der Waals surface area (Å²) in [4.78, 5) is 20.8. The number of hydrogen-bond donors (Lipinski definition) is 1. The lowest BCUT2D eigenvalue weighted by Gasteiger charge is -2.27. The first-order chi connectivity index (χ1) is 8.92. The Hall–Kier alpha value is -1.34. The lowest BCUT2D eigenvalue weighted by atomic mass is 10.2. The van der Waals surface area contributed by atoms with Gasteiger partial charge in [-0.1, -0.05) is 11.3 Å². The second kappa shape index (κ2) is 6.72. The maximum absolute atomic E-state index is 12.5. The number of likely N-dealkylation sites (N-methyl/N-ethyl adjacent to an activating group) is 1. The van der Waals surface area contributed by atoms with Gasteiger partial charge in [0.25, 0.3) is 5.91 Å². The van der Waals surface area contributed by atoms with E-state index < -0.39 is 0 Å². The number of nitrogens with zero attached hydrogens (tertiary/aromatic N) is 3. The summed E-state index contributed by atoms with van der Waals surface area (Å²) in [6, 6.07) is 0.00630. The normalized spacial score (nSPS) is 12.3. The van der Waals surface area contributed by atoms with Gasteiger partial charge in [0, 0.05) is 27.7 Å². The number of amides is 1. The van der Waals surface area contributed by atoms with Gasteiger partial charge in [0.15, 0.2) is 5.13 Å². The zero-order valence-electron chi connectivity index (χ0n) is 12.1. The fourth-order valence-corrected chi connectivity index (χ4v) is 2.65. The topological polar surface area (TPSA) is 71.7 Å². The summed E-state index contributed by atoms with van der Waals surface area (Å²) in [5.74, 6) is 0.205. The van der Waals surface area contributed by atoms with Crippen molar-refractivity contribution in [2.45, 2.75) is 19.9 Å². The lowest BCUT2D eigenvalue weighted by molar-refractivity contribution is 0.0584. The molecular weight excluding hydrogens is 264 g/mol. The zero-order valence-corrected chi connectivity index (χ0v) is 13.0. The van der Waals surface area contributed by atoms with Gasteiger partial charge >= 0.3 is 0 Å². The molecule has 0 spiro atoms. The molecule has 0 saturated carbocycles. The van der Waals surface area contributed by atoms with E-state index in [0.717, 1.165) is 5.13 Å². The minimum atomic E-state index is -0.0878. The van der Waals surface area contributed by atoms with Crippen molar-refractivity contribution in [1.29, 1.82) is 0 Å². The molecule has 1 aromatic rings. The van der Waals surface area contributed by atoms with Crippen molar-refractivity contribution in [3.63, 3.8) is 0 Å². The van der Waals surface area contributed by atoms with Crippen LogP contribution in [-0.4, -0.2) is 56.2 Å². The number of anilines is 2. The molecule has 1 rings (SSSR count). The SMILES string of the molecule is CCN(C(=O)c1sc(N(C)C)nc1N)C(C)COC. The molecule has 1 amide bonds. The Bertz CT molecular complexity index is 433. The van der Waals surface area contributed by atoms with E-state index in [1.54, 1.807) is 12.0 Å². The molecule has 0 saturated heterocycles. The molecule has 0 aromatic carbocycles. The molecule has 0 aliphatic heterocycles. The highest BCUT2D eigenvalue weighted by Gasteiger charge is 2.25. The van der Waals surface area contributed by atoms with E-state index in [1.165, 1.54) is 11.3 Å². The van der Waals surface area contributed by atoms with Crippen LogP contribution in [0.15, 0.2) is 0 Å². The van der Waals surface area contributed by atoms with Crippen molar-refractivity contribution >= 4 is 28.2 Å². The number of nitrogen functional groups attached to an aromatic ring is 1. The van der Waals surface area contributed by atoms with Crippen LogP contribution in [0.25, 0.3) is 0 Å². The molecule has 0 aliphatic rings. The molecular formula is C12H22N4O2S. The first-order valence-corrected chi connectivity index (χ1v) is 6.97. The summed E-state index contributed by atoms with van der Waals surface area (Å²) < 4.78 is 5.10. The summed E-state index contributed by atoms with van der Waals surface area (Å²) in [6.45, 7) is 5.00. The van der Waals surface area contributed by atoms with Crippen LogP contribution in [-0.2, 0) is 4.74 Å². The van der Waals surface area contributed by atoms with Gasteiger partial charge in [-0.15, -0.1) is 0 Å². The molecule has 0 aliphatic carbocycles. The van der Waals surface area contributed by atoms with Crippen LogP contribution in [0.3, 0.4) is 0 Å². The average molecular weight is 286 g/mol. The molecule has 7 heteroatoms. The van der Waals surface area contributed by atoms with Gasteiger partial charge in [0.2, 0.25) is 0 Å². The van der Waals surface area contributed by atoms with E-state index >= 15 is 0 Å². The van der Waals surface area contributed by atoms with Crippen LogP contribution >= 0.6 is 11.3 Å². The maximum Gasteiger partial charge on any atom is 0.268 e. The number of methoxy groups -OCH3 is 1. The molecule has 0 fully saturated rings. The molecule has 2 N–H and O–H groups in total. The van der Waals surface area contributed by atoms with Gasteiger partial charge in [0.1, 0.15) is 10.7 Å². The second-order valence-corrected chi connectivity index (χ2v) is 5.48. The smallest absolute Gasteiger partial charge is 0.268 e. The van der Waals surface area contributed by atoms with E-state index in [-0.39, 0.29) is 11.9 Å². The number of carbonyl (C=O) groups is 1. The van der Waals surface area contributed by atoms with Crippen molar-refractivity contribution in [2.24, 2.45) is 0 Å². The Kier molecular flexibility index (Phi) is 5.56. The monoisotopic (exact) mass is 286 g/mol. The molecule has 1 unspecified atom stereocenters.